The number of carbonyl (C=O) groups is 1. The van der Waals surface area contributed by atoms with Crippen molar-refractivity contribution in [1.29, 1.82) is 0 Å². The Morgan fingerprint density at radius 2 is 2.00 bits per heavy atom. The second-order valence-electron chi connectivity index (χ2n) is 8.24. The minimum atomic E-state index is -3.50. The predicted molar refractivity (Wildman–Crippen MR) is 103 cm³/mol. The van der Waals surface area contributed by atoms with Crippen molar-refractivity contribution in [3.8, 4) is 0 Å². The third kappa shape index (κ3) is 4.56. The number of amides is 1. The zero-order valence-corrected chi connectivity index (χ0v) is 17.0. The molecule has 28 heavy (non-hydrogen) atoms. The molecule has 2 atom stereocenters. The first-order chi connectivity index (χ1) is 13.4. The van der Waals surface area contributed by atoms with E-state index in [1.807, 2.05) is 6.92 Å². The van der Waals surface area contributed by atoms with Crippen LogP contribution >= 0.6 is 0 Å². The minimum Gasteiger partial charge on any atom is -0.360 e. The van der Waals surface area contributed by atoms with Crippen LogP contribution in [0.5, 0.6) is 0 Å². The van der Waals surface area contributed by atoms with E-state index in [0.717, 1.165) is 44.5 Å². The highest BCUT2D eigenvalue weighted by atomic mass is 32.2. The second-order valence-corrected chi connectivity index (χ2v) is 9.94. The van der Waals surface area contributed by atoms with Crippen LogP contribution in [0.4, 0.5) is 0 Å². The highest BCUT2D eigenvalue weighted by molar-refractivity contribution is 7.87. The van der Waals surface area contributed by atoms with Crippen LogP contribution in [0.1, 0.15) is 61.2 Å². The molecule has 0 radical (unpaired) electrons. The fourth-order valence-corrected chi connectivity index (χ4v) is 5.55. The van der Waals surface area contributed by atoms with E-state index in [-0.39, 0.29) is 23.9 Å². The van der Waals surface area contributed by atoms with E-state index in [9.17, 15) is 13.2 Å². The Labute approximate surface area is 165 Å². The Morgan fingerprint density at radius 1 is 1.25 bits per heavy atom. The number of rotatable bonds is 6. The van der Waals surface area contributed by atoms with Crippen molar-refractivity contribution in [1.82, 2.24) is 24.8 Å². The lowest BCUT2D eigenvalue weighted by Gasteiger charge is -2.37. The quantitative estimate of drug-likeness (QED) is 0.630. The number of nitrogens with one attached hydrogen (secondary N) is 3. The maximum Gasteiger partial charge on any atom is 0.279 e. The number of aromatic nitrogens is 1. The van der Waals surface area contributed by atoms with Gasteiger partial charge in [-0.2, -0.15) is 17.4 Å². The molecule has 0 unspecified atom stereocenters. The maximum atomic E-state index is 12.7. The Morgan fingerprint density at radius 3 is 2.68 bits per heavy atom. The van der Waals surface area contributed by atoms with Crippen LogP contribution in [0.3, 0.4) is 0 Å². The van der Waals surface area contributed by atoms with Crippen LogP contribution in [-0.4, -0.2) is 62.0 Å². The van der Waals surface area contributed by atoms with Gasteiger partial charge in [-0.1, -0.05) is 12.1 Å². The van der Waals surface area contributed by atoms with Gasteiger partial charge in [-0.05, 0) is 51.1 Å². The summed E-state index contributed by atoms with van der Waals surface area (Å²) in [5.74, 6) is 0.950. The number of hydrogen-bond acceptors (Lipinski definition) is 6. The van der Waals surface area contributed by atoms with Crippen molar-refractivity contribution < 1.29 is 17.7 Å². The molecule has 3 heterocycles. The molecule has 1 aromatic heterocycles. The number of piperidine rings is 2. The van der Waals surface area contributed by atoms with Gasteiger partial charge in [-0.25, -0.2) is 0 Å². The van der Waals surface area contributed by atoms with Crippen molar-refractivity contribution in [2.45, 2.75) is 57.0 Å². The zero-order chi connectivity index (χ0) is 19.7. The van der Waals surface area contributed by atoms with E-state index in [1.54, 1.807) is 6.07 Å². The molecule has 0 bridgehead atoms. The molecular formula is C18H29N5O4S. The lowest BCUT2D eigenvalue weighted by Crippen LogP contribution is -2.55. The molecule has 3 fully saturated rings. The number of hydrogen-bond donors (Lipinski definition) is 3. The molecule has 156 valence electrons. The summed E-state index contributed by atoms with van der Waals surface area (Å²) in [5.41, 5.74) is 0.303. The summed E-state index contributed by atoms with van der Waals surface area (Å²) in [7, 11) is -3.50. The van der Waals surface area contributed by atoms with Crippen molar-refractivity contribution >= 4 is 16.1 Å². The molecule has 9 nitrogen and oxygen atoms in total. The van der Waals surface area contributed by atoms with E-state index >= 15 is 0 Å². The van der Waals surface area contributed by atoms with Crippen molar-refractivity contribution in [3.05, 3.63) is 17.5 Å². The standard InChI is InChI=1S/C18H29N5O4S/c1-12-11-23(28(25,26)22-14-4-7-19-8-5-14)9-6-15(12)20-18(24)16-10-17(27-21-16)13-2-3-13/h10,12-15,19,22H,2-9,11H2,1H3,(H,20,24)/t12-,15+/m0/s1. The highest BCUT2D eigenvalue weighted by Crippen LogP contribution is 2.40. The molecular weight excluding hydrogens is 382 g/mol. The fourth-order valence-electron chi connectivity index (χ4n) is 3.96. The Bertz CT molecular complexity index is 801. The molecule has 1 amide bonds. The summed E-state index contributed by atoms with van der Waals surface area (Å²) in [6.07, 6.45) is 4.37. The van der Waals surface area contributed by atoms with Gasteiger partial charge in [-0.3, -0.25) is 4.79 Å². The first-order valence-corrected chi connectivity index (χ1v) is 11.6. The summed E-state index contributed by atoms with van der Waals surface area (Å²) in [6, 6.07) is 1.63. The Kier molecular flexibility index (Phi) is 5.73. The SMILES string of the molecule is C[C@H]1CN(S(=O)(=O)NC2CCNCC2)CC[C@H]1NC(=O)c1cc(C2CC2)on1. The van der Waals surface area contributed by atoms with E-state index in [2.05, 4.69) is 20.5 Å². The summed E-state index contributed by atoms with van der Waals surface area (Å²) >= 11 is 0. The van der Waals surface area contributed by atoms with Crippen LogP contribution in [0, 0.1) is 5.92 Å². The minimum absolute atomic E-state index is 0.00758. The molecule has 3 aliphatic rings. The van der Waals surface area contributed by atoms with Crippen molar-refractivity contribution in [3.63, 3.8) is 0 Å². The Balaban J connectivity index is 1.30. The molecule has 0 spiro atoms. The number of carbonyl (C=O) groups excluding carboxylic acids is 1. The van der Waals surface area contributed by atoms with Gasteiger partial charge in [0, 0.05) is 37.2 Å². The third-order valence-electron chi connectivity index (χ3n) is 5.92. The summed E-state index contributed by atoms with van der Waals surface area (Å²) in [5, 5.41) is 10.1. The van der Waals surface area contributed by atoms with Gasteiger partial charge in [0.2, 0.25) is 0 Å². The van der Waals surface area contributed by atoms with Gasteiger partial charge >= 0.3 is 0 Å². The monoisotopic (exact) mass is 411 g/mol. The van der Waals surface area contributed by atoms with Gasteiger partial charge in [0.25, 0.3) is 16.1 Å². The highest BCUT2D eigenvalue weighted by Gasteiger charge is 2.35. The van der Waals surface area contributed by atoms with Gasteiger partial charge in [0.05, 0.1) is 0 Å². The predicted octanol–water partition coefficient (Wildman–Crippen LogP) is 0.579. The Hall–Kier alpha value is -1.49. The molecule has 4 rings (SSSR count). The van der Waals surface area contributed by atoms with E-state index in [1.165, 1.54) is 4.31 Å². The summed E-state index contributed by atoms with van der Waals surface area (Å²) < 4.78 is 35.0. The molecule has 1 aromatic rings. The average molecular weight is 412 g/mol. The van der Waals surface area contributed by atoms with Crippen molar-refractivity contribution in [2.75, 3.05) is 26.2 Å². The molecule has 3 N–H and O–H groups in total. The first-order valence-electron chi connectivity index (χ1n) is 10.2. The second kappa shape index (κ2) is 8.10. The molecule has 2 saturated heterocycles. The maximum absolute atomic E-state index is 12.7. The topological polar surface area (TPSA) is 117 Å². The third-order valence-corrected chi connectivity index (χ3v) is 7.56. The first kappa shape index (κ1) is 19.8. The molecule has 10 heteroatoms. The van der Waals surface area contributed by atoms with Gasteiger partial charge in [-0.15, -0.1) is 0 Å². The van der Waals surface area contributed by atoms with E-state index < -0.39 is 10.2 Å². The van der Waals surface area contributed by atoms with Crippen LogP contribution in [0.15, 0.2) is 10.6 Å². The van der Waals surface area contributed by atoms with E-state index in [0.29, 0.717) is 31.1 Å². The van der Waals surface area contributed by atoms with Crippen LogP contribution in [0.25, 0.3) is 0 Å². The van der Waals surface area contributed by atoms with Crippen LogP contribution in [0.2, 0.25) is 0 Å². The van der Waals surface area contributed by atoms with Gasteiger partial charge in [0.1, 0.15) is 5.76 Å². The molecule has 1 saturated carbocycles. The van der Waals surface area contributed by atoms with E-state index in [4.69, 9.17) is 4.52 Å². The molecule has 2 aliphatic heterocycles. The largest absolute Gasteiger partial charge is 0.360 e. The summed E-state index contributed by atoms with van der Waals surface area (Å²) in [6.45, 7) is 4.42. The lowest BCUT2D eigenvalue weighted by atomic mass is 9.95. The van der Waals surface area contributed by atoms with Crippen LogP contribution in [-0.2, 0) is 10.2 Å². The van der Waals surface area contributed by atoms with Crippen LogP contribution < -0.4 is 15.4 Å². The lowest BCUT2D eigenvalue weighted by molar-refractivity contribution is 0.0891. The average Bonchev–Trinajstić information content (AvgIpc) is 3.40. The number of nitrogens with zero attached hydrogens (tertiary/aromatic N) is 2. The normalized spacial score (nSPS) is 27.6. The fraction of sp³-hybridized carbons (Fsp3) is 0.778. The van der Waals surface area contributed by atoms with Gasteiger partial charge in [0.15, 0.2) is 5.69 Å². The molecule has 1 aliphatic carbocycles. The smallest absolute Gasteiger partial charge is 0.279 e. The molecule has 0 aromatic carbocycles. The van der Waals surface area contributed by atoms with Crippen molar-refractivity contribution in [2.24, 2.45) is 5.92 Å². The zero-order valence-electron chi connectivity index (χ0n) is 16.2. The summed E-state index contributed by atoms with van der Waals surface area (Å²) in [4.78, 5) is 12.5. The van der Waals surface area contributed by atoms with Gasteiger partial charge < -0.3 is 15.2 Å².